The van der Waals surface area contributed by atoms with E-state index in [0.29, 0.717) is 0 Å². The third kappa shape index (κ3) is 3.01. The molecule has 1 aliphatic rings. The highest BCUT2D eigenvalue weighted by molar-refractivity contribution is 5.90. The van der Waals surface area contributed by atoms with Gasteiger partial charge in [-0.05, 0) is 56.2 Å². The van der Waals surface area contributed by atoms with Crippen molar-refractivity contribution in [3.8, 4) is 5.69 Å². The molecule has 136 valence electrons. The molecule has 7 heteroatoms. The number of aromatic amines is 1. The summed E-state index contributed by atoms with van der Waals surface area (Å²) in [6.45, 7) is 4.08. The second kappa shape index (κ2) is 6.42. The number of nitrogens with zero attached hydrogens (tertiary/aromatic N) is 5. The molecule has 2 N–H and O–H groups in total. The number of rotatable bonds is 4. The average molecular weight is 359 g/mol. The summed E-state index contributed by atoms with van der Waals surface area (Å²) < 4.78 is 1.84. The first-order valence-electron chi connectivity index (χ1n) is 9.26. The van der Waals surface area contributed by atoms with Crippen LogP contribution in [0.2, 0.25) is 0 Å². The molecule has 5 rings (SSSR count). The third-order valence-corrected chi connectivity index (χ3v) is 4.90. The van der Waals surface area contributed by atoms with E-state index in [0.717, 1.165) is 53.0 Å². The highest BCUT2D eigenvalue weighted by Crippen LogP contribution is 2.28. The molecule has 27 heavy (non-hydrogen) atoms. The molecular weight excluding hydrogens is 338 g/mol. The van der Waals surface area contributed by atoms with Crippen molar-refractivity contribution in [1.29, 1.82) is 0 Å². The molecule has 1 aromatic carbocycles. The number of hydrogen-bond donors (Lipinski definition) is 2. The molecule has 3 aromatic heterocycles. The number of fused-ring (bicyclic) bond motifs is 1. The monoisotopic (exact) mass is 359 g/mol. The van der Waals surface area contributed by atoms with Gasteiger partial charge in [0.25, 0.3) is 0 Å². The number of hydrogen-bond acceptors (Lipinski definition) is 5. The minimum absolute atomic E-state index is 0.789. The maximum Gasteiger partial charge on any atom is 0.229 e. The number of aromatic nitrogens is 5. The lowest BCUT2D eigenvalue weighted by molar-refractivity contribution is 0.881. The molecule has 7 nitrogen and oxygen atoms in total. The number of nitrogens with one attached hydrogen (secondary N) is 2. The van der Waals surface area contributed by atoms with Crippen molar-refractivity contribution in [2.75, 3.05) is 23.3 Å². The van der Waals surface area contributed by atoms with E-state index in [2.05, 4.69) is 26.4 Å². The largest absolute Gasteiger partial charge is 0.343 e. The fourth-order valence-corrected chi connectivity index (χ4v) is 3.54. The first kappa shape index (κ1) is 15.9. The van der Waals surface area contributed by atoms with Crippen LogP contribution in [0.25, 0.3) is 16.7 Å². The minimum Gasteiger partial charge on any atom is -0.343 e. The summed E-state index contributed by atoms with van der Waals surface area (Å²) in [5.74, 6) is 1.62. The quantitative estimate of drug-likeness (QED) is 0.580. The molecule has 1 aliphatic heterocycles. The minimum atomic E-state index is 0.789. The van der Waals surface area contributed by atoms with Gasteiger partial charge in [-0.1, -0.05) is 0 Å². The zero-order chi connectivity index (χ0) is 18.2. The van der Waals surface area contributed by atoms with Gasteiger partial charge in [0.15, 0.2) is 0 Å². The molecule has 4 heterocycles. The van der Waals surface area contributed by atoms with Crippen LogP contribution in [0.1, 0.15) is 18.5 Å². The zero-order valence-electron chi connectivity index (χ0n) is 15.2. The molecule has 4 aromatic rings. The van der Waals surface area contributed by atoms with Gasteiger partial charge >= 0.3 is 0 Å². The van der Waals surface area contributed by atoms with Gasteiger partial charge in [0.2, 0.25) is 5.95 Å². The average Bonchev–Trinajstić information content (AvgIpc) is 3.43. The topological polar surface area (TPSA) is 74.7 Å². The van der Waals surface area contributed by atoms with Crippen molar-refractivity contribution in [2.24, 2.45) is 0 Å². The number of H-pyrrole nitrogens is 1. The Hall–Kier alpha value is -3.35. The zero-order valence-corrected chi connectivity index (χ0v) is 15.2. The predicted octanol–water partition coefficient (Wildman–Crippen LogP) is 3.80. The summed E-state index contributed by atoms with van der Waals surface area (Å²) in [5, 5.41) is 8.74. The van der Waals surface area contributed by atoms with Crippen LogP contribution >= 0.6 is 0 Å². The summed E-state index contributed by atoms with van der Waals surface area (Å²) in [7, 11) is 0. The Morgan fingerprint density at radius 2 is 1.89 bits per heavy atom. The van der Waals surface area contributed by atoms with Crippen LogP contribution < -0.4 is 10.2 Å². The van der Waals surface area contributed by atoms with Gasteiger partial charge in [-0.3, -0.25) is 0 Å². The summed E-state index contributed by atoms with van der Waals surface area (Å²) in [4.78, 5) is 15.2. The van der Waals surface area contributed by atoms with E-state index >= 15 is 0 Å². The molecule has 1 fully saturated rings. The molecule has 0 unspecified atom stereocenters. The maximum atomic E-state index is 4.83. The molecule has 1 saturated heterocycles. The fourth-order valence-electron chi connectivity index (χ4n) is 3.54. The van der Waals surface area contributed by atoms with Crippen molar-refractivity contribution in [1.82, 2.24) is 24.7 Å². The molecule has 0 aliphatic carbocycles. The van der Waals surface area contributed by atoms with Crippen LogP contribution in [0.4, 0.5) is 17.5 Å². The van der Waals surface area contributed by atoms with Crippen LogP contribution in [0, 0.1) is 6.92 Å². The molecule has 0 amide bonds. The lowest BCUT2D eigenvalue weighted by Gasteiger charge is -2.17. The van der Waals surface area contributed by atoms with Crippen molar-refractivity contribution in [3.05, 3.63) is 54.5 Å². The van der Waals surface area contributed by atoms with Gasteiger partial charge in [-0.25, -0.2) is 4.68 Å². The van der Waals surface area contributed by atoms with Crippen molar-refractivity contribution in [2.45, 2.75) is 19.8 Å². The van der Waals surface area contributed by atoms with Gasteiger partial charge in [0.1, 0.15) is 11.5 Å². The van der Waals surface area contributed by atoms with E-state index in [-0.39, 0.29) is 0 Å². The molecule has 0 radical (unpaired) electrons. The van der Waals surface area contributed by atoms with Gasteiger partial charge in [-0.2, -0.15) is 15.1 Å². The summed E-state index contributed by atoms with van der Waals surface area (Å²) >= 11 is 0. The van der Waals surface area contributed by atoms with E-state index in [1.54, 1.807) is 6.20 Å². The Bertz CT molecular complexity index is 1060. The smallest absolute Gasteiger partial charge is 0.229 e. The Morgan fingerprint density at radius 3 is 2.63 bits per heavy atom. The third-order valence-electron chi connectivity index (χ3n) is 4.90. The Balaban J connectivity index is 1.50. The second-order valence-corrected chi connectivity index (χ2v) is 6.90. The summed E-state index contributed by atoms with van der Waals surface area (Å²) in [5.41, 5.74) is 3.96. The van der Waals surface area contributed by atoms with Gasteiger partial charge in [0.05, 0.1) is 11.1 Å². The molecule has 0 saturated carbocycles. The summed E-state index contributed by atoms with van der Waals surface area (Å²) in [6, 6.07) is 12.2. The predicted molar refractivity (Wildman–Crippen MR) is 107 cm³/mol. The number of anilines is 3. The van der Waals surface area contributed by atoms with E-state index in [1.807, 2.05) is 48.1 Å². The van der Waals surface area contributed by atoms with E-state index in [4.69, 9.17) is 9.97 Å². The highest BCUT2D eigenvalue weighted by atomic mass is 15.3. The lowest BCUT2D eigenvalue weighted by Crippen LogP contribution is -2.20. The standard InChI is InChI=1S/C20H21N7/c1-14-13-17-18(22-14)24-20(26-10-2-3-11-26)25-19(17)23-15-5-7-16(8-6-15)27-12-4-9-21-27/h4-9,12-13H,2-3,10-11H2,1H3,(H2,22,23,24,25). The Labute approximate surface area is 157 Å². The fraction of sp³-hybridized carbons (Fsp3) is 0.250. The van der Waals surface area contributed by atoms with Gasteiger partial charge < -0.3 is 15.2 Å². The van der Waals surface area contributed by atoms with Gasteiger partial charge in [-0.15, -0.1) is 0 Å². The van der Waals surface area contributed by atoms with Crippen molar-refractivity contribution < 1.29 is 0 Å². The first-order chi connectivity index (χ1) is 13.3. The van der Waals surface area contributed by atoms with Crippen LogP contribution in [0.15, 0.2) is 48.8 Å². The van der Waals surface area contributed by atoms with Gasteiger partial charge in [0, 0.05) is 36.9 Å². The molecular formula is C20H21N7. The maximum absolute atomic E-state index is 4.83. The van der Waals surface area contributed by atoms with Crippen molar-refractivity contribution in [3.63, 3.8) is 0 Å². The normalized spacial score (nSPS) is 14.2. The number of aryl methyl sites for hydroxylation is 1. The van der Waals surface area contributed by atoms with E-state index < -0.39 is 0 Å². The van der Waals surface area contributed by atoms with Crippen LogP contribution in [0.5, 0.6) is 0 Å². The van der Waals surface area contributed by atoms with Crippen LogP contribution in [0.3, 0.4) is 0 Å². The summed E-state index contributed by atoms with van der Waals surface area (Å²) in [6.07, 6.45) is 6.10. The van der Waals surface area contributed by atoms with E-state index in [1.165, 1.54) is 12.8 Å². The molecule has 0 bridgehead atoms. The second-order valence-electron chi connectivity index (χ2n) is 6.90. The SMILES string of the molecule is Cc1cc2c(Nc3ccc(-n4cccn4)cc3)nc(N3CCCC3)nc2[nH]1. The highest BCUT2D eigenvalue weighted by Gasteiger charge is 2.18. The van der Waals surface area contributed by atoms with Crippen LogP contribution in [-0.4, -0.2) is 37.8 Å². The Morgan fingerprint density at radius 1 is 1.07 bits per heavy atom. The lowest BCUT2D eigenvalue weighted by atomic mass is 10.2. The van der Waals surface area contributed by atoms with Crippen molar-refractivity contribution >= 4 is 28.5 Å². The van der Waals surface area contributed by atoms with Crippen LogP contribution in [-0.2, 0) is 0 Å². The Kier molecular flexibility index (Phi) is 3.78. The molecule has 0 atom stereocenters. The number of benzene rings is 1. The van der Waals surface area contributed by atoms with E-state index in [9.17, 15) is 0 Å². The first-order valence-corrected chi connectivity index (χ1v) is 9.26. The molecule has 0 spiro atoms.